The van der Waals surface area contributed by atoms with E-state index in [-0.39, 0.29) is 0 Å². The van der Waals surface area contributed by atoms with E-state index in [4.69, 9.17) is 14.0 Å². The second-order valence-corrected chi connectivity index (χ2v) is 3.58. The Hall–Kier alpha value is -2.30. The zero-order valence-electron chi connectivity index (χ0n) is 9.96. The Labute approximate surface area is 104 Å². The lowest BCUT2D eigenvalue weighted by Gasteiger charge is -2.11. The summed E-state index contributed by atoms with van der Waals surface area (Å²) in [6.45, 7) is 2.72. The van der Waals surface area contributed by atoms with Crippen LogP contribution in [0.25, 0.3) is 0 Å². The van der Waals surface area contributed by atoms with E-state index in [1.54, 1.807) is 24.4 Å². The number of carbonyl (C=O) groups excluding carboxylic acids is 1. The number of hydrogen-bond donors (Lipinski definition) is 0. The Morgan fingerprint density at radius 3 is 2.89 bits per heavy atom. The van der Waals surface area contributed by atoms with Crippen LogP contribution >= 0.6 is 0 Å². The maximum absolute atomic E-state index is 10.7. The van der Waals surface area contributed by atoms with Gasteiger partial charge in [0.1, 0.15) is 19.2 Å². The Kier molecular flexibility index (Phi) is 3.96. The highest BCUT2D eigenvalue weighted by Crippen LogP contribution is 2.28. The molecule has 5 nitrogen and oxygen atoms in total. The number of hydrogen-bond acceptors (Lipinski definition) is 5. The van der Waals surface area contributed by atoms with Crippen molar-refractivity contribution in [2.24, 2.45) is 0 Å². The average Bonchev–Trinajstić information content (AvgIpc) is 2.90. The van der Waals surface area contributed by atoms with Crippen LogP contribution in [0.5, 0.6) is 11.5 Å². The van der Waals surface area contributed by atoms with E-state index in [9.17, 15) is 4.79 Å². The molecule has 0 aliphatic heterocycles. The zero-order valence-corrected chi connectivity index (χ0v) is 9.96. The van der Waals surface area contributed by atoms with Gasteiger partial charge in [-0.3, -0.25) is 4.79 Å². The molecule has 0 bridgehead atoms. The van der Waals surface area contributed by atoms with Gasteiger partial charge in [0.15, 0.2) is 11.5 Å². The van der Waals surface area contributed by atoms with Crippen LogP contribution in [0.2, 0.25) is 0 Å². The van der Waals surface area contributed by atoms with Crippen LogP contribution in [-0.4, -0.2) is 18.0 Å². The van der Waals surface area contributed by atoms with Crippen LogP contribution in [0.4, 0.5) is 0 Å². The average molecular weight is 247 g/mol. The molecule has 1 aromatic carbocycles. The van der Waals surface area contributed by atoms with Gasteiger partial charge in [-0.05, 0) is 25.1 Å². The molecule has 0 amide bonds. The van der Waals surface area contributed by atoms with Crippen molar-refractivity contribution in [1.29, 1.82) is 0 Å². The molecular formula is C13H13NO4. The van der Waals surface area contributed by atoms with E-state index in [1.807, 2.05) is 6.92 Å². The third-order valence-corrected chi connectivity index (χ3v) is 2.28. The van der Waals surface area contributed by atoms with Crippen molar-refractivity contribution in [1.82, 2.24) is 5.16 Å². The lowest BCUT2D eigenvalue weighted by molar-refractivity contribution is 0.112. The normalized spacial score (nSPS) is 10.1. The SMILES string of the molecule is CCOc1cc(C=O)ccc1OCc1cnoc1. The van der Waals surface area contributed by atoms with Crippen molar-refractivity contribution < 1.29 is 18.8 Å². The van der Waals surface area contributed by atoms with Gasteiger partial charge in [-0.15, -0.1) is 0 Å². The smallest absolute Gasteiger partial charge is 0.161 e. The van der Waals surface area contributed by atoms with E-state index in [2.05, 4.69) is 5.16 Å². The van der Waals surface area contributed by atoms with Crippen LogP contribution in [0, 0.1) is 0 Å². The minimum Gasteiger partial charge on any atom is -0.490 e. The molecule has 0 aliphatic carbocycles. The van der Waals surface area contributed by atoms with Crippen LogP contribution < -0.4 is 9.47 Å². The van der Waals surface area contributed by atoms with Crippen molar-refractivity contribution in [3.05, 3.63) is 41.8 Å². The number of aldehydes is 1. The third-order valence-electron chi connectivity index (χ3n) is 2.28. The summed E-state index contributed by atoms with van der Waals surface area (Å²) in [5, 5.41) is 3.59. The van der Waals surface area contributed by atoms with Crippen LogP contribution in [0.3, 0.4) is 0 Å². The molecule has 0 unspecified atom stereocenters. The number of rotatable bonds is 6. The minimum absolute atomic E-state index is 0.337. The monoisotopic (exact) mass is 247 g/mol. The summed E-state index contributed by atoms with van der Waals surface area (Å²) in [7, 11) is 0. The first kappa shape index (κ1) is 12.2. The molecule has 1 heterocycles. The van der Waals surface area contributed by atoms with Crippen molar-refractivity contribution >= 4 is 6.29 Å². The fraction of sp³-hybridized carbons (Fsp3) is 0.231. The third kappa shape index (κ3) is 2.88. The van der Waals surface area contributed by atoms with Crippen LogP contribution in [-0.2, 0) is 6.61 Å². The Morgan fingerprint density at radius 2 is 2.22 bits per heavy atom. The van der Waals surface area contributed by atoms with E-state index < -0.39 is 0 Å². The van der Waals surface area contributed by atoms with Gasteiger partial charge in [-0.25, -0.2) is 0 Å². The maximum Gasteiger partial charge on any atom is 0.161 e. The summed E-state index contributed by atoms with van der Waals surface area (Å²) in [5.74, 6) is 1.14. The summed E-state index contributed by atoms with van der Waals surface area (Å²) in [6, 6.07) is 5.04. The number of aromatic nitrogens is 1. The highest BCUT2D eigenvalue weighted by atomic mass is 16.5. The minimum atomic E-state index is 0.337. The van der Waals surface area contributed by atoms with E-state index >= 15 is 0 Å². The molecule has 0 atom stereocenters. The largest absolute Gasteiger partial charge is 0.490 e. The van der Waals surface area contributed by atoms with Gasteiger partial charge in [0, 0.05) is 11.1 Å². The second-order valence-electron chi connectivity index (χ2n) is 3.58. The highest BCUT2D eigenvalue weighted by molar-refractivity contribution is 5.76. The maximum atomic E-state index is 10.7. The first-order valence-corrected chi connectivity index (χ1v) is 5.56. The van der Waals surface area contributed by atoms with Gasteiger partial charge >= 0.3 is 0 Å². The summed E-state index contributed by atoms with van der Waals surface area (Å²) in [6.07, 6.45) is 3.87. The van der Waals surface area contributed by atoms with Gasteiger partial charge in [-0.1, -0.05) is 5.16 Å². The van der Waals surface area contributed by atoms with E-state index in [0.29, 0.717) is 30.3 Å². The lowest BCUT2D eigenvalue weighted by Crippen LogP contribution is -1.99. The molecule has 0 saturated heterocycles. The quantitative estimate of drug-likeness (QED) is 0.734. The molecule has 5 heteroatoms. The van der Waals surface area contributed by atoms with Gasteiger partial charge in [0.25, 0.3) is 0 Å². The van der Waals surface area contributed by atoms with Gasteiger partial charge < -0.3 is 14.0 Å². The van der Waals surface area contributed by atoms with Crippen LogP contribution in [0.15, 0.2) is 35.2 Å². The van der Waals surface area contributed by atoms with Gasteiger partial charge in [0.2, 0.25) is 0 Å². The van der Waals surface area contributed by atoms with Gasteiger partial charge in [-0.2, -0.15) is 0 Å². The van der Waals surface area contributed by atoms with Crippen molar-refractivity contribution in [2.45, 2.75) is 13.5 Å². The Bertz CT molecular complexity index is 508. The van der Waals surface area contributed by atoms with Crippen LogP contribution in [0.1, 0.15) is 22.8 Å². The van der Waals surface area contributed by atoms with E-state index in [0.717, 1.165) is 11.8 Å². The van der Waals surface area contributed by atoms with Crippen molar-refractivity contribution in [3.8, 4) is 11.5 Å². The molecule has 2 aromatic rings. The molecule has 0 radical (unpaired) electrons. The second kappa shape index (κ2) is 5.86. The molecule has 0 spiro atoms. The van der Waals surface area contributed by atoms with Gasteiger partial charge in [0.05, 0.1) is 12.8 Å². The molecule has 0 N–H and O–H groups in total. The number of ether oxygens (including phenoxy) is 2. The van der Waals surface area contributed by atoms with Crippen molar-refractivity contribution in [2.75, 3.05) is 6.61 Å². The number of carbonyl (C=O) groups is 1. The summed E-state index contributed by atoms with van der Waals surface area (Å²) in [5.41, 5.74) is 1.38. The lowest BCUT2D eigenvalue weighted by atomic mass is 10.2. The Morgan fingerprint density at radius 1 is 1.33 bits per heavy atom. The number of benzene rings is 1. The predicted molar refractivity (Wildman–Crippen MR) is 63.8 cm³/mol. The molecule has 2 rings (SSSR count). The molecule has 0 aliphatic rings. The van der Waals surface area contributed by atoms with Crippen molar-refractivity contribution in [3.63, 3.8) is 0 Å². The summed E-state index contributed by atoms with van der Waals surface area (Å²) < 4.78 is 15.7. The highest BCUT2D eigenvalue weighted by Gasteiger charge is 2.07. The standard InChI is InChI=1S/C13H13NO4/c1-2-16-13-5-10(7-15)3-4-12(13)17-8-11-6-14-18-9-11/h3-7,9H,2,8H2,1H3. The number of nitrogens with zero attached hydrogens (tertiary/aromatic N) is 1. The molecular weight excluding hydrogens is 234 g/mol. The summed E-state index contributed by atoms with van der Waals surface area (Å²) in [4.78, 5) is 10.7. The zero-order chi connectivity index (χ0) is 12.8. The topological polar surface area (TPSA) is 61.6 Å². The Balaban J connectivity index is 2.12. The molecule has 18 heavy (non-hydrogen) atoms. The molecule has 1 aromatic heterocycles. The first-order chi connectivity index (χ1) is 8.83. The van der Waals surface area contributed by atoms with E-state index in [1.165, 1.54) is 6.26 Å². The summed E-state index contributed by atoms with van der Waals surface area (Å²) >= 11 is 0. The molecule has 0 fully saturated rings. The fourth-order valence-electron chi connectivity index (χ4n) is 1.44. The predicted octanol–water partition coefficient (Wildman–Crippen LogP) is 2.46. The molecule has 0 saturated carbocycles. The fourth-order valence-corrected chi connectivity index (χ4v) is 1.44. The first-order valence-electron chi connectivity index (χ1n) is 5.56. The molecule has 94 valence electrons.